The number of hydrogen-bond donors (Lipinski definition) is 2. The summed E-state index contributed by atoms with van der Waals surface area (Å²) in [5.74, 6) is -0.219. The van der Waals surface area contributed by atoms with Crippen molar-refractivity contribution in [2.45, 2.75) is 32.0 Å². The number of aromatic nitrogens is 1. The SMILES string of the molecule is NC(=O)[C@@H]1CCCN1Cc1ccccc1NCc1cccnc1. The number of carbonyl (C=O) groups excluding carboxylic acids is 1. The van der Waals surface area contributed by atoms with E-state index in [0.717, 1.165) is 43.7 Å². The number of para-hydroxylation sites is 1. The lowest BCUT2D eigenvalue weighted by molar-refractivity contribution is -0.122. The summed E-state index contributed by atoms with van der Waals surface area (Å²) in [7, 11) is 0. The summed E-state index contributed by atoms with van der Waals surface area (Å²) in [6.07, 6.45) is 5.52. The quantitative estimate of drug-likeness (QED) is 0.857. The Labute approximate surface area is 136 Å². The van der Waals surface area contributed by atoms with E-state index in [2.05, 4.69) is 27.3 Å². The zero-order valence-electron chi connectivity index (χ0n) is 13.1. The molecule has 3 rings (SSSR count). The number of nitrogens with one attached hydrogen (secondary N) is 1. The van der Waals surface area contributed by atoms with Gasteiger partial charge in [0.15, 0.2) is 0 Å². The topological polar surface area (TPSA) is 71.2 Å². The van der Waals surface area contributed by atoms with Gasteiger partial charge in [-0.15, -0.1) is 0 Å². The largest absolute Gasteiger partial charge is 0.381 e. The van der Waals surface area contributed by atoms with E-state index < -0.39 is 0 Å². The number of nitrogens with two attached hydrogens (primary N) is 1. The molecule has 5 heteroatoms. The summed E-state index contributed by atoms with van der Waals surface area (Å²) in [6, 6.07) is 12.1. The molecule has 1 aliphatic rings. The second-order valence-electron chi connectivity index (χ2n) is 5.90. The van der Waals surface area contributed by atoms with Gasteiger partial charge in [-0.05, 0) is 42.6 Å². The fourth-order valence-electron chi connectivity index (χ4n) is 3.09. The molecule has 0 bridgehead atoms. The third-order valence-corrected chi connectivity index (χ3v) is 4.29. The number of amides is 1. The van der Waals surface area contributed by atoms with Gasteiger partial charge in [0.1, 0.15) is 0 Å². The van der Waals surface area contributed by atoms with Crippen molar-refractivity contribution in [2.24, 2.45) is 5.73 Å². The first-order valence-corrected chi connectivity index (χ1v) is 7.98. The zero-order valence-corrected chi connectivity index (χ0v) is 13.1. The van der Waals surface area contributed by atoms with Crippen LogP contribution in [0.1, 0.15) is 24.0 Å². The predicted octanol–water partition coefficient (Wildman–Crippen LogP) is 2.14. The normalized spacial score (nSPS) is 18.0. The van der Waals surface area contributed by atoms with Gasteiger partial charge >= 0.3 is 0 Å². The van der Waals surface area contributed by atoms with Crippen LogP contribution in [0.2, 0.25) is 0 Å². The first kappa shape index (κ1) is 15.5. The van der Waals surface area contributed by atoms with E-state index in [1.165, 1.54) is 5.56 Å². The molecule has 0 unspecified atom stereocenters. The maximum Gasteiger partial charge on any atom is 0.234 e. The van der Waals surface area contributed by atoms with Gasteiger partial charge in [0.05, 0.1) is 6.04 Å². The molecule has 1 atom stereocenters. The number of rotatable bonds is 6. The van der Waals surface area contributed by atoms with Crippen LogP contribution in [0.15, 0.2) is 48.8 Å². The average Bonchev–Trinajstić information content (AvgIpc) is 3.03. The van der Waals surface area contributed by atoms with Crippen LogP contribution in [-0.4, -0.2) is 28.4 Å². The standard InChI is InChI=1S/C18H22N4O/c19-18(23)17-8-4-10-22(17)13-15-6-1-2-7-16(15)21-12-14-5-3-9-20-11-14/h1-3,5-7,9,11,17,21H,4,8,10,12-13H2,(H2,19,23)/t17-/m0/s1. The predicted molar refractivity (Wildman–Crippen MR) is 90.6 cm³/mol. The average molecular weight is 310 g/mol. The molecule has 0 aliphatic carbocycles. The lowest BCUT2D eigenvalue weighted by Gasteiger charge is -2.23. The highest BCUT2D eigenvalue weighted by molar-refractivity contribution is 5.80. The Morgan fingerprint density at radius 3 is 2.96 bits per heavy atom. The third kappa shape index (κ3) is 3.87. The van der Waals surface area contributed by atoms with E-state index >= 15 is 0 Å². The summed E-state index contributed by atoms with van der Waals surface area (Å²) in [5.41, 5.74) is 8.92. The maximum atomic E-state index is 11.6. The number of carbonyl (C=O) groups is 1. The van der Waals surface area contributed by atoms with Gasteiger partial charge in [0.2, 0.25) is 5.91 Å². The van der Waals surface area contributed by atoms with Crippen molar-refractivity contribution in [3.8, 4) is 0 Å². The molecule has 1 aromatic heterocycles. The molecule has 0 spiro atoms. The molecule has 1 saturated heterocycles. The smallest absolute Gasteiger partial charge is 0.234 e. The fraction of sp³-hybridized carbons (Fsp3) is 0.333. The highest BCUT2D eigenvalue weighted by Gasteiger charge is 2.29. The molecule has 0 saturated carbocycles. The van der Waals surface area contributed by atoms with Crippen LogP contribution in [0.5, 0.6) is 0 Å². The highest BCUT2D eigenvalue weighted by Crippen LogP contribution is 2.24. The summed E-state index contributed by atoms with van der Waals surface area (Å²) in [4.78, 5) is 17.9. The molecule has 2 aromatic rings. The Morgan fingerprint density at radius 1 is 1.30 bits per heavy atom. The van der Waals surface area contributed by atoms with Crippen molar-refractivity contribution in [2.75, 3.05) is 11.9 Å². The van der Waals surface area contributed by atoms with Gasteiger partial charge in [-0.2, -0.15) is 0 Å². The minimum atomic E-state index is -0.219. The molecule has 1 aliphatic heterocycles. The number of likely N-dealkylation sites (tertiary alicyclic amines) is 1. The van der Waals surface area contributed by atoms with E-state index in [-0.39, 0.29) is 11.9 Å². The Bertz CT molecular complexity index is 659. The number of primary amides is 1. The molecule has 1 amide bonds. The van der Waals surface area contributed by atoms with Gasteiger partial charge in [-0.25, -0.2) is 0 Å². The van der Waals surface area contributed by atoms with Crippen molar-refractivity contribution in [1.82, 2.24) is 9.88 Å². The van der Waals surface area contributed by atoms with Crippen LogP contribution < -0.4 is 11.1 Å². The second-order valence-corrected chi connectivity index (χ2v) is 5.90. The van der Waals surface area contributed by atoms with E-state index in [0.29, 0.717) is 0 Å². The van der Waals surface area contributed by atoms with Crippen molar-refractivity contribution >= 4 is 11.6 Å². The van der Waals surface area contributed by atoms with Crippen molar-refractivity contribution in [3.05, 3.63) is 59.9 Å². The molecule has 120 valence electrons. The molecule has 1 aromatic carbocycles. The minimum Gasteiger partial charge on any atom is -0.381 e. The number of nitrogens with zero attached hydrogens (tertiary/aromatic N) is 2. The number of hydrogen-bond acceptors (Lipinski definition) is 4. The maximum absolute atomic E-state index is 11.6. The third-order valence-electron chi connectivity index (χ3n) is 4.29. The second kappa shape index (κ2) is 7.24. The molecular formula is C18H22N4O. The lowest BCUT2D eigenvalue weighted by atomic mass is 10.1. The van der Waals surface area contributed by atoms with E-state index in [1.807, 2.05) is 30.5 Å². The van der Waals surface area contributed by atoms with Gasteiger partial charge in [0.25, 0.3) is 0 Å². The van der Waals surface area contributed by atoms with Crippen LogP contribution in [0.4, 0.5) is 5.69 Å². The van der Waals surface area contributed by atoms with Gasteiger partial charge in [-0.3, -0.25) is 14.7 Å². The number of anilines is 1. The molecule has 2 heterocycles. The van der Waals surface area contributed by atoms with Crippen LogP contribution in [0.25, 0.3) is 0 Å². The Kier molecular flexibility index (Phi) is 4.88. The van der Waals surface area contributed by atoms with Gasteiger partial charge in [0, 0.05) is 31.2 Å². The number of pyridine rings is 1. The highest BCUT2D eigenvalue weighted by atomic mass is 16.1. The van der Waals surface area contributed by atoms with Gasteiger partial charge < -0.3 is 11.1 Å². The minimum absolute atomic E-state index is 0.138. The lowest BCUT2D eigenvalue weighted by Crippen LogP contribution is -2.39. The Morgan fingerprint density at radius 2 is 2.17 bits per heavy atom. The summed E-state index contributed by atoms with van der Waals surface area (Å²) in [5, 5.41) is 3.46. The van der Waals surface area contributed by atoms with Crippen molar-refractivity contribution < 1.29 is 4.79 Å². The fourth-order valence-corrected chi connectivity index (χ4v) is 3.09. The zero-order chi connectivity index (χ0) is 16.1. The molecular weight excluding hydrogens is 288 g/mol. The van der Waals surface area contributed by atoms with E-state index in [9.17, 15) is 4.79 Å². The summed E-state index contributed by atoms with van der Waals surface area (Å²) < 4.78 is 0. The van der Waals surface area contributed by atoms with Crippen LogP contribution in [0.3, 0.4) is 0 Å². The molecule has 5 nitrogen and oxygen atoms in total. The Balaban J connectivity index is 1.69. The summed E-state index contributed by atoms with van der Waals surface area (Å²) in [6.45, 7) is 2.39. The first-order chi connectivity index (χ1) is 11.2. The van der Waals surface area contributed by atoms with Crippen molar-refractivity contribution in [3.63, 3.8) is 0 Å². The molecule has 3 N–H and O–H groups in total. The molecule has 23 heavy (non-hydrogen) atoms. The van der Waals surface area contributed by atoms with Gasteiger partial charge in [-0.1, -0.05) is 24.3 Å². The number of benzene rings is 1. The van der Waals surface area contributed by atoms with Crippen LogP contribution in [-0.2, 0) is 17.9 Å². The first-order valence-electron chi connectivity index (χ1n) is 7.98. The van der Waals surface area contributed by atoms with Crippen molar-refractivity contribution in [1.29, 1.82) is 0 Å². The molecule has 0 radical (unpaired) electrons. The monoisotopic (exact) mass is 310 g/mol. The Hall–Kier alpha value is -2.40. The molecule has 1 fully saturated rings. The van der Waals surface area contributed by atoms with Crippen LogP contribution in [0, 0.1) is 0 Å². The van der Waals surface area contributed by atoms with E-state index in [1.54, 1.807) is 6.20 Å². The van der Waals surface area contributed by atoms with Crippen LogP contribution >= 0.6 is 0 Å². The summed E-state index contributed by atoms with van der Waals surface area (Å²) >= 11 is 0. The van der Waals surface area contributed by atoms with E-state index in [4.69, 9.17) is 5.73 Å².